The maximum Gasteiger partial charge on any atom is 0.0467 e. The number of fused-ring (bicyclic) bond motifs is 6. The molecule has 0 saturated heterocycles. The Labute approximate surface area is 404 Å². The molecule has 0 heterocycles. The first kappa shape index (κ1) is 43.2. The molecule has 2 aliphatic carbocycles. The molecule has 68 heavy (non-hydrogen) atoms. The van der Waals surface area contributed by atoms with Gasteiger partial charge in [-0.25, -0.2) is 0 Å². The van der Waals surface area contributed by atoms with Crippen molar-refractivity contribution in [3.63, 3.8) is 0 Å². The molecule has 2 nitrogen and oxygen atoms in total. The van der Waals surface area contributed by atoms with Gasteiger partial charge in [-0.3, -0.25) is 0 Å². The van der Waals surface area contributed by atoms with E-state index in [-0.39, 0.29) is 10.8 Å². The zero-order valence-electron chi connectivity index (χ0n) is 40.4. The van der Waals surface area contributed by atoms with E-state index in [1.54, 1.807) is 0 Å². The van der Waals surface area contributed by atoms with Crippen molar-refractivity contribution < 1.29 is 0 Å². The van der Waals surface area contributed by atoms with E-state index in [2.05, 4.69) is 258 Å². The summed E-state index contributed by atoms with van der Waals surface area (Å²) in [5.74, 6) is 0. The fourth-order valence-electron chi connectivity index (χ4n) is 12.3. The molecule has 2 aliphatic rings. The van der Waals surface area contributed by atoms with Gasteiger partial charge in [0.2, 0.25) is 0 Å². The van der Waals surface area contributed by atoms with Crippen LogP contribution in [-0.4, -0.2) is 0 Å². The fourth-order valence-corrected chi connectivity index (χ4v) is 12.3. The predicted molar refractivity (Wildman–Crippen MR) is 290 cm³/mol. The maximum atomic E-state index is 2.48. The van der Waals surface area contributed by atoms with E-state index < -0.39 is 0 Å². The number of hydrogen-bond acceptors (Lipinski definition) is 2. The van der Waals surface area contributed by atoms with Crippen LogP contribution in [0.3, 0.4) is 0 Å². The summed E-state index contributed by atoms with van der Waals surface area (Å²) in [7, 11) is 0. The lowest BCUT2D eigenvalue weighted by Crippen LogP contribution is -2.23. The average Bonchev–Trinajstić information content (AvgIpc) is 3.84. The van der Waals surface area contributed by atoms with Gasteiger partial charge in [0.15, 0.2) is 0 Å². The summed E-state index contributed by atoms with van der Waals surface area (Å²) in [6.45, 7) is 13.9. The SMILES string of the molecule is CCC1(CC)c2ccccc2-c2ccc(N(c3ccccc3)c3cccc(-c4cc(C)c(-c5cccc(N(c6ccccc6)c6ccc7c(c6)C(CC)(CC)c6ccccc6-7)c5)cc4C)c3)cc21. The number of hydrogen-bond donors (Lipinski definition) is 0. The number of anilines is 6. The largest absolute Gasteiger partial charge is 0.310 e. The Kier molecular flexibility index (Phi) is 11.0. The molecule has 0 fully saturated rings. The molecule has 0 aromatic heterocycles. The van der Waals surface area contributed by atoms with Crippen LogP contribution in [-0.2, 0) is 10.8 Å². The fraction of sp³-hybridized carbons (Fsp3) is 0.182. The van der Waals surface area contributed by atoms with Gasteiger partial charge in [-0.2, -0.15) is 0 Å². The van der Waals surface area contributed by atoms with E-state index in [4.69, 9.17) is 0 Å². The first-order chi connectivity index (χ1) is 33.3. The number of aryl methyl sites for hydroxylation is 2. The molecule has 11 rings (SSSR count). The molecule has 0 radical (unpaired) electrons. The number of para-hydroxylation sites is 2. The molecule has 0 bridgehead atoms. The second-order valence-corrected chi connectivity index (χ2v) is 19.1. The van der Waals surface area contributed by atoms with Crippen molar-refractivity contribution in [3.05, 3.63) is 240 Å². The van der Waals surface area contributed by atoms with Gasteiger partial charge in [-0.05, 0) is 190 Å². The van der Waals surface area contributed by atoms with E-state index in [0.29, 0.717) is 0 Å². The van der Waals surface area contributed by atoms with Crippen LogP contribution >= 0.6 is 0 Å². The average molecular weight is 881 g/mol. The predicted octanol–water partition coefficient (Wildman–Crippen LogP) is 18.8. The number of benzene rings is 9. The summed E-state index contributed by atoms with van der Waals surface area (Å²) in [6.07, 6.45) is 4.24. The molecule has 0 amide bonds. The van der Waals surface area contributed by atoms with Gasteiger partial charge in [0.25, 0.3) is 0 Å². The van der Waals surface area contributed by atoms with Crippen molar-refractivity contribution in [2.45, 2.75) is 78.1 Å². The van der Waals surface area contributed by atoms with Crippen LogP contribution in [0, 0.1) is 13.8 Å². The highest BCUT2D eigenvalue weighted by atomic mass is 15.1. The van der Waals surface area contributed by atoms with Crippen LogP contribution in [0.25, 0.3) is 44.5 Å². The second-order valence-electron chi connectivity index (χ2n) is 19.1. The molecule has 0 saturated carbocycles. The molecule has 0 N–H and O–H groups in total. The van der Waals surface area contributed by atoms with E-state index in [0.717, 1.165) is 48.4 Å². The third-order valence-corrected chi connectivity index (χ3v) is 15.9. The van der Waals surface area contributed by atoms with Crippen molar-refractivity contribution in [2.24, 2.45) is 0 Å². The Balaban J connectivity index is 0.965. The van der Waals surface area contributed by atoms with Gasteiger partial charge in [0, 0.05) is 45.0 Å². The van der Waals surface area contributed by atoms with Gasteiger partial charge in [0.05, 0.1) is 0 Å². The third-order valence-electron chi connectivity index (χ3n) is 15.9. The van der Waals surface area contributed by atoms with Crippen LogP contribution in [0.5, 0.6) is 0 Å². The maximum absolute atomic E-state index is 2.48. The summed E-state index contributed by atoms with van der Waals surface area (Å²) in [5, 5.41) is 0. The van der Waals surface area contributed by atoms with Gasteiger partial charge < -0.3 is 9.80 Å². The first-order valence-electron chi connectivity index (χ1n) is 24.8. The van der Waals surface area contributed by atoms with Gasteiger partial charge in [-0.15, -0.1) is 0 Å². The summed E-state index contributed by atoms with van der Waals surface area (Å²) in [6, 6.07) is 77.2. The van der Waals surface area contributed by atoms with Crippen LogP contribution in [0.2, 0.25) is 0 Å². The van der Waals surface area contributed by atoms with Crippen LogP contribution in [0.4, 0.5) is 34.1 Å². The van der Waals surface area contributed by atoms with Gasteiger partial charge in [0.1, 0.15) is 0 Å². The molecular formula is C66H60N2. The van der Waals surface area contributed by atoms with Crippen molar-refractivity contribution in [2.75, 3.05) is 9.80 Å². The molecule has 0 aliphatic heterocycles. The summed E-state index contributed by atoms with van der Waals surface area (Å²) >= 11 is 0. The monoisotopic (exact) mass is 880 g/mol. The Morgan fingerprint density at radius 3 is 1.01 bits per heavy atom. The Bertz CT molecular complexity index is 3090. The van der Waals surface area contributed by atoms with Crippen LogP contribution < -0.4 is 9.80 Å². The molecule has 0 spiro atoms. The summed E-state index contributed by atoms with van der Waals surface area (Å²) in [4.78, 5) is 4.88. The Hall–Kier alpha value is -7.42. The van der Waals surface area contributed by atoms with Crippen LogP contribution in [0.15, 0.2) is 206 Å². The summed E-state index contributed by atoms with van der Waals surface area (Å²) < 4.78 is 0. The molecule has 2 heteroatoms. The minimum Gasteiger partial charge on any atom is -0.310 e. The van der Waals surface area contributed by atoms with Crippen molar-refractivity contribution in [1.29, 1.82) is 0 Å². The minimum absolute atomic E-state index is 0.00690. The van der Waals surface area contributed by atoms with Crippen molar-refractivity contribution in [1.82, 2.24) is 0 Å². The van der Waals surface area contributed by atoms with Gasteiger partial charge in [-0.1, -0.05) is 161 Å². The van der Waals surface area contributed by atoms with E-state index >= 15 is 0 Å². The van der Waals surface area contributed by atoms with Crippen LogP contribution in [0.1, 0.15) is 86.8 Å². The normalized spacial score (nSPS) is 13.6. The molecule has 9 aromatic carbocycles. The van der Waals surface area contributed by atoms with E-state index in [9.17, 15) is 0 Å². The quantitative estimate of drug-likeness (QED) is 0.121. The Morgan fingerprint density at radius 1 is 0.279 bits per heavy atom. The Morgan fingerprint density at radius 2 is 0.618 bits per heavy atom. The highest BCUT2D eigenvalue weighted by molar-refractivity contribution is 5.89. The lowest BCUT2D eigenvalue weighted by Gasteiger charge is -2.32. The lowest BCUT2D eigenvalue weighted by molar-refractivity contribution is 0.490. The van der Waals surface area contributed by atoms with Gasteiger partial charge >= 0.3 is 0 Å². The highest BCUT2D eigenvalue weighted by Gasteiger charge is 2.42. The highest BCUT2D eigenvalue weighted by Crippen LogP contribution is 2.56. The van der Waals surface area contributed by atoms with E-state index in [1.807, 2.05) is 0 Å². The third kappa shape index (κ3) is 6.83. The zero-order valence-corrected chi connectivity index (χ0v) is 40.4. The minimum atomic E-state index is -0.00690. The first-order valence-corrected chi connectivity index (χ1v) is 24.8. The second kappa shape index (κ2) is 17.3. The summed E-state index contributed by atoms with van der Waals surface area (Å²) in [5.41, 5.74) is 25.6. The van der Waals surface area contributed by atoms with Crippen molar-refractivity contribution >= 4 is 34.1 Å². The standard InChI is InChI=1S/C66H60N2/c1-7-65(8-2)61-33-19-17-31-55(61)57-37-35-53(43-63(57)65)67(49-25-13-11-14-26-49)51-29-21-23-47(41-51)59-39-46(6)60(40-45(59)5)48-24-22-30-52(42-48)68(50-27-15-12-16-28-50)54-36-38-58-56-32-18-20-34-62(56)66(9-3,10-4)64(58)44-54/h11-44H,7-10H2,1-6H3. The lowest BCUT2D eigenvalue weighted by atomic mass is 9.74. The smallest absolute Gasteiger partial charge is 0.0467 e. The molecule has 0 unspecified atom stereocenters. The molecule has 334 valence electrons. The molecular weight excluding hydrogens is 821 g/mol. The molecule has 0 atom stereocenters. The van der Waals surface area contributed by atoms with E-state index in [1.165, 1.54) is 89.3 Å². The molecule has 9 aromatic rings. The number of rotatable bonds is 12. The van der Waals surface area contributed by atoms with Crippen molar-refractivity contribution in [3.8, 4) is 44.5 Å². The topological polar surface area (TPSA) is 6.48 Å². The zero-order chi connectivity index (χ0) is 46.6. The number of nitrogens with zero attached hydrogens (tertiary/aromatic N) is 2.